The monoisotopic (exact) mass is 295 g/mol. The molecule has 4 rings (SSSR count). The summed E-state index contributed by atoms with van der Waals surface area (Å²) in [4.78, 5) is 9.23. The van der Waals surface area contributed by atoms with E-state index in [0.717, 1.165) is 31.0 Å². The van der Waals surface area contributed by atoms with E-state index in [1.807, 2.05) is 12.3 Å². The molecule has 1 atom stereocenters. The Balaban J connectivity index is 1.44. The van der Waals surface area contributed by atoms with Gasteiger partial charge in [-0.05, 0) is 25.0 Å². The topological polar surface area (TPSA) is 47.7 Å². The minimum Gasteiger partial charge on any atom is -0.335 e. The summed E-state index contributed by atoms with van der Waals surface area (Å²) < 4.78 is 4.45. The lowest BCUT2D eigenvalue weighted by Crippen LogP contribution is -2.27. The summed E-state index contributed by atoms with van der Waals surface area (Å²) in [5.74, 6) is 2.82. The third kappa shape index (κ3) is 2.31. The molecule has 5 heteroatoms. The largest absolute Gasteiger partial charge is 0.335 e. The van der Waals surface area contributed by atoms with Gasteiger partial charge in [0.25, 0.3) is 0 Å². The smallest absolute Gasteiger partial charge is 0.123 e. The maximum atomic E-state index is 4.71. The van der Waals surface area contributed by atoms with E-state index in [1.54, 1.807) is 0 Å². The Bertz CT molecular complexity index is 785. The molecule has 0 spiro atoms. The minimum absolute atomic E-state index is 0.512. The predicted molar refractivity (Wildman–Crippen MR) is 86.6 cm³/mol. The van der Waals surface area contributed by atoms with Crippen LogP contribution in [0.15, 0.2) is 36.7 Å². The van der Waals surface area contributed by atoms with Crippen LogP contribution in [0.3, 0.4) is 0 Å². The number of imidazole rings is 2. The molecule has 0 saturated heterocycles. The quantitative estimate of drug-likeness (QED) is 0.804. The van der Waals surface area contributed by atoms with E-state index in [0.29, 0.717) is 5.92 Å². The summed E-state index contributed by atoms with van der Waals surface area (Å²) in [5.41, 5.74) is 2.25. The SMILES string of the molecule is Cn1c(CNC[C@H]2CCCn3ccnc32)nc2ccccc21. The zero-order valence-corrected chi connectivity index (χ0v) is 12.9. The van der Waals surface area contributed by atoms with Crippen molar-refractivity contribution >= 4 is 11.0 Å². The number of hydrogen-bond donors (Lipinski definition) is 1. The van der Waals surface area contributed by atoms with Crippen molar-refractivity contribution in [2.24, 2.45) is 7.05 Å². The minimum atomic E-state index is 0.512. The van der Waals surface area contributed by atoms with Gasteiger partial charge in [0, 0.05) is 38.4 Å². The Morgan fingerprint density at radius 3 is 3.14 bits per heavy atom. The molecule has 1 aliphatic rings. The Labute approximate surface area is 130 Å². The van der Waals surface area contributed by atoms with E-state index in [2.05, 4.69) is 50.9 Å². The summed E-state index contributed by atoms with van der Waals surface area (Å²) in [5, 5.41) is 3.57. The van der Waals surface area contributed by atoms with Gasteiger partial charge in [0.05, 0.1) is 17.6 Å². The van der Waals surface area contributed by atoms with Crippen LogP contribution in [0.1, 0.15) is 30.4 Å². The lowest BCUT2D eigenvalue weighted by molar-refractivity contribution is 0.420. The predicted octanol–water partition coefficient (Wildman–Crippen LogP) is 2.44. The van der Waals surface area contributed by atoms with Gasteiger partial charge in [0.1, 0.15) is 11.6 Å². The van der Waals surface area contributed by atoms with Crippen LogP contribution in [0.2, 0.25) is 0 Å². The first-order chi connectivity index (χ1) is 10.8. The Kier molecular flexibility index (Phi) is 3.42. The molecule has 1 aliphatic heterocycles. The summed E-state index contributed by atoms with van der Waals surface area (Å²) >= 11 is 0. The summed E-state index contributed by atoms with van der Waals surface area (Å²) in [6.07, 6.45) is 6.46. The summed E-state index contributed by atoms with van der Waals surface area (Å²) in [6, 6.07) is 8.28. The highest BCUT2D eigenvalue weighted by molar-refractivity contribution is 5.75. The molecule has 0 fully saturated rings. The number of nitrogens with zero attached hydrogens (tertiary/aromatic N) is 4. The van der Waals surface area contributed by atoms with E-state index < -0.39 is 0 Å². The van der Waals surface area contributed by atoms with E-state index in [1.165, 1.54) is 24.2 Å². The van der Waals surface area contributed by atoms with Crippen molar-refractivity contribution in [1.29, 1.82) is 0 Å². The van der Waals surface area contributed by atoms with Crippen LogP contribution in [0.25, 0.3) is 11.0 Å². The summed E-state index contributed by atoms with van der Waals surface area (Å²) in [6.45, 7) is 2.86. The van der Waals surface area contributed by atoms with Crippen molar-refractivity contribution in [3.63, 3.8) is 0 Å². The van der Waals surface area contributed by atoms with Crippen LogP contribution in [-0.2, 0) is 20.1 Å². The molecule has 0 aliphatic carbocycles. The van der Waals surface area contributed by atoms with Gasteiger partial charge in [0.2, 0.25) is 0 Å². The first-order valence-electron chi connectivity index (χ1n) is 7.95. The molecule has 5 nitrogen and oxygen atoms in total. The fraction of sp³-hybridized carbons (Fsp3) is 0.412. The van der Waals surface area contributed by atoms with Crippen molar-refractivity contribution in [3.05, 3.63) is 48.3 Å². The molecule has 0 unspecified atom stereocenters. The van der Waals surface area contributed by atoms with Crippen LogP contribution in [0, 0.1) is 0 Å². The molecule has 3 aromatic rings. The zero-order valence-electron chi connectivity index (χ0n) is 12.9. The molecular weight excluding hydrogens is 274 g/mol. The number of nitrogens with one attached hydrogen (secondary N) is 1. The molecule has 2 aromatic heterocycles. The second kappa shape index (κ2) is 5.57. The molecule has 1 N–H and O–H groups in total. The molecule has 22 heavy (non-hydrogen) atoms. The summed E-state index contributed by atoms with van der Waals surface area (Å²) in [7, 11) is 2.08. The lowest BCUT2D eigenvalue weighted by Gasteiger charge is -2.23. The van der Waals surface area contributed by atoms with Gasteiger partial charge in [-0.2, -0.15) is 0 Å². The van der Waals surface area contributed by atoms with Crippen LogP contribution in [0.5, 0.6) is 0 Å². The fourth-order valence-corrected chi connectivity index (χ4v) is 3.41. The Morgan fingerprint density at radius 1 is 1.32 bits per heavy atom. The molecule has 1 aromatic carbocycles. The highest BCUT2D eigenvalue weighted by atomic mass is 15.1. The van der Waals surface area contributed by atoms with Gasteiger partial charge in [-0.25, -0.2) is 9.97 Å². The number of aromatic nitrogens is 4. The number of hydrogen-bond acceptors (Lipinski definition) is 3. The zero-order chi connectivity index (χ0) is 14.9. The third-order valence-corrected chi connectivity index (χ3v) is 4.62. The van der Waals surface area contributed by atoms with Gasteiger partial charge in [-0.1, -0.05) is 12.1 Å². The lowest BCUT2D eigenvalue weighted by atomic mass is 9.99. The molecule has 0 amide bonds. The molecule has 114 valence electrons. The van der Waals surface area contributed by atoms with Crippen molar-refractivity contribution in [2.45, 2.75) is 31.8 Å². The Morgan fingerprint density at radius 2 is 2.23 bits per heavy atom. The van der Waals surface area contributed by atoms with Crippen LogP contribution in [0.4, 0.5) is 0 Å². The maximum absolute atomic E-state index is 4.71. The number of benzene rings is 1. The number of rotatable bonds is 4. The molecule has 0 bridgehead atoms. The van der Waals surface area contributed by atoms with Gasteiger partial charge >= 0.3 is 0 Å². The standard InChI is InChI=1S/C17H21N5/c1-21-15-7-3-2-6-14(15)20-16(21)12-18-11-13-5-4-9-22-10-8-19-17(13)22/h2-3,6-8,10,13,18H,4-5,9,11-12H2,1H3/t13-/m1/s1. The van der Waals surface area contributed by atoms with Gasteiger partial charge < -0.3 is 14.5 Å². The van der Waals surface area contributed by atoms with Crippen molar-refractivity contribution < 1.29 is 0 Å². The normalized spacial score (nSPS) is 17.8. The number of para-hydroxylation sites is 2. The van der Waals surface area contributed by atoms with Gasteiger partial charge in [-0.15, -0.1) is 0 Å². The van der Waals surface area contributed by atoms with Crippen LogP contribution < -0.4 is 5.32 Å². The first kappa shape index (κ1) is 13.5. The molecule has 0 saturated carbocycles. The van der Waals surface area contributed by atoms with Crippen molar-refractivity contribution in [2.75, 3.05) is 6.54 Å². The molecule has 0 radical (unpaired) electrons. The highest BCUT2D eigenvalue weighted by Gasteiger charge is 2.21. The van der Waals surface area contributed by atoms with E-state index in [4.69, 9.17) is 4.98 Å². The van der Waals surface area contributed by atoms with Gasteiger partial charge in [-0.3, -0.25) is 0 Å². The van der Waals surface area contributed by atoms with Crippen LogP contribution >= 0.6 is 0 Å². The second-order valence-electron chi connectivity index (χ2n) is 6.02. The van der Waals surface area contributed by atoms with Crippen LogP contribution in [-0.4, -0.2) is 25.6 Å². The first-order valence-corrected chi connectivity index (χ1v) is 7.95. The average molecular weight is 295 g/mol. The molecule has 3 heterocycles. The van der Waals surface area contributed by atoms with E-state index >= 15 is 0 Å². The average Bonchev–Trinajstić information content (AvgIpc) is 3.14. The fourth-order valence-electron chi connectivity index (χ4n) is 3.41. The van der Waals surface area contributed by atoms with Gasteiger partial charge in [0.15, 0.2) is 0 Å². The van der Waals surface area contributed by atoms with E-state index in [9.17, 15) is 0 Å². The van der Waals surface area contributed by atoms with E-state index in [-0.39, 0.29) is 0 Å². The number of aryl methyl sites for hydroxylation is 2. The highest BCUT2D eigenvalue weighted by Crippen LogP contribution is 2.25. The third-order valence-electron chi connectivity index (χ3n) is 4.62. The Hall–Kier alpha value is -2.14. The van der Waals surface area contributed by atoms with Crippen molar-refractivity contribution in [1.82, 2.24) is 24.4 Å². The molecular formula is C17H21N5. The van der Waals surface area contributed by atoms with Crippen molar-refractivity contribution in [3.8, 4) is 0 Å². The maximum Gasteiger partial charge on any atom is 0.123 e. The second-order valence-corrected chi connectivity index (χ2v) is 6.02. The number of fused-ring (bicyclic) bond motifs is 2.